The van der Waals surface area contributed by atoms with E-state index in [1.165, 1.54) is 49.6 Å². The van der Waals surface area contributed by atoms with Crippen molar-refractivity contribution in [2.45, 2.75) is 25.6 Å². The van der Waals surface area contributed by atoms with Crippen LogP contribution in [-0.2, 0) is 30.4 Å². The van der Waals surface area contributed by atoms with E-state index in [0.717, 1.165) is 12.1 Å². The third-order valence-electron chi connectivity index (χ3n) is 5.70. The first-order chi connectivity index (χ1) is 16.2. The van der Waals surface area contributed by atoms with Crippen molar-refractivity contribution in [2.24, 2.45) is 0 Å². The summed E-state index contributed by atoms with van der Waals surface area (Å²) in [7, 11) is 1.43. The zero-order valence-electron chi connectivity index (χ0n) is 18.1. The number of halogens is 6. The van der Waals surface area contributed by atoms with Gasteiger partial charge in [0.1, 0.15) is 17.5 Å². The highest BCUT2D eigenvalue weighted by Gasteiger charge is 2.29. The molecule has 34 heavy (non-hydrogen) atoms. The molecular weight excluding hydrogens is 454 g/mol. The molecule has 0 heterocycles. The molecule has 0 bridgehead atoms. The van der Waals surface area contributed by atoms with Gasteiger partial charge in [-0.2, -0.15) is 13.2 Å². The molecule has 0 saturated carbocycles. The Labute approximate surface area is 192 Å². The molecule has 0 amide bonds. The van der Waals surface area contributed by atoms with Gasteiger partial charge in [0.05, 0.1) is 17.7 Å². The summed E-state index contributed by atoms with van der Waals surface area (Å²) in [5.74, 6) is -1.94. The minimum atomic E-state index is -4.40. The van der Waals surface area contributed by atoms with Crippen molar-refractivity contribution in [1.29, 1.82) is 0 Å². The number of alkyl halides is 3. The molecule has 0 aliphatic rings. The Morgan fingerprint density at radius 3 is 2.03 bits per heavy atom. The molecule has 1 nitrogen and oxygen atoms in total. The number of methoxy groups -OCH3 is 1. The van der Waals surface area contributed by atoms with Gasteiger partial charge in [-0.25, -0.2) is 13.2 Å². The predicted octanol–water partition coefficient (Wildman–Crippen LogP) is 7.87. The maximum Gasteiger partial charge on any atom is 0.416 e. The third-order valence-corrected chi connectivity index (χ3v) is 5.70. The number of aryl methyl sites for hydroxylation is 2. The van der Waals surface area contributed by atoms with Gasteiger partial charge in [0.2, 0.25) is 0 Å². The summed E-state index contributed by atoms with van der Waals surface area (Å²) in [5.41, 5.74) is 0.778. The Morgan fingerprint density at radius 1 is 0.735 bits per heavy atom. The number of fused-ring (bicyclic) bond motifs is 1. The van der Waals surface area contributed by atoms with Crippen LogP contribution in [0, 0.1) is 17.5 Å². The molecule has 0 aliphatic carbocycles. The molecule has 0 atom stereocenters. The van der Waals surface area contributed by atoms with Crippen LogP contribution in [-0.4, -0.2) is 7.11 Å². The van der Waals surface area contributed by atoms with Gasteiger partial charge in [-0.3, -0.25) is 0 Å². The molecule has 0 N–H and O–H groups in total. The van der Waals surface area contributed by atoms with Crippen LogP contribution >= 0.6 is 0 Å². The van der Waals surface area contributed by atoms with Crippen molar-refractivity contribution in [2.75, 3.05) is 7.11 Å². The van der Waals surface area contributed by atoms with E-state index in [2.05, 4.69) is 0 Å². The number of benzene rings is 4. The van der Waals surface area contributed by atoms with Crippen LogP contribution in [0.3, 0.4) is 0 Å². The lowest BCUT2D eigenvalue weighted by atomic mass is 9.96. The fourth-order valence-electron chi connectivity index (χ4n) is 3.98. The highest BCUT2D eigenvalue weighted by molar-refractivity contribution is 5.88. The topological polar surface area (TPSA) is 9.23 Å². The first-order valence-corrected chi connectivity index (χ1v) is 10.5. The van der Waals surface area contributed by atoms with Crippen LogP contribution in [0.1, 0.15) is 22.3 Å². The Morgan fingerprint density at radius 2 is 1.41 bits per heavy atom. The average Bonchev–Trinajstić information content (AvgIpc) is 2.78. The first kappa shape index (κ1) is 23.8. The summed E-state index contributed by atoms with van der Waals surface area (Å²) in [6, 6.07) is 14.9. The number of ether oxygens (including phenoxy) is 1. The summed E-state index contributed by atoms with van der Waals surface area (Å²) in [6.45, 7) is 0.0757. The standard InChI is InChI=1S/C27H20F6O/c1-34-15-17-12-23(28)25(24(29)13-17)20-8-11-22-19(14-20)7-6-18(26(22)30)5-2-16-3-9-21(10-4-16)27(31,32)33/h3-4,6-14H,2,5,15H2,1H3. The Bertz CT molecular complexity index is 1300. The molecule has 7 heteroatoms. The van der Waals surface area contributed by atoms with Crippen LogP contribution in [0.2, 0.25) is 0 Å². The predicted molar refractivity (Wildman–Crippen MR) is 119 cm³/mol. The highest BCUT2D eigenvalue weighted by atomic mass is 19.4. The lowest BCUT2D eigenvalue weighted by Crippen LogP contribution is -2.04. The summed E-state index contributed by atoms with van der Waals surface area (Å²) in [6.07, 6.45) is -3.75. The summed E-state index contributed by atoms with van der Waals surface area (Å²) in [4.78, 5) is 0. The largest absolute Gasteiger partial charge is 0.416 e. The average molecular weight is 474 g/mol. The van der Waals surface area contributed by atoms with E-state index in [1.807, 2.05) is 0 Å². The van der Waals surface area contributed by atoms with Crippen molar-refractivity contribution in [3.63, 3.8) is 0 Å². The van der Waals surface area contributed by atoms with E-state index in [9.17, 15) is 22.0 Å². The summed E-state index contributed by atoms with van der Waals surface area (Å²) in [5, 5.41) is 0.776. The van der Waals surface area contributed by atoms with Gasteiger partial charge in [-0.05, 0) is 70.8 Å². The summed E-state index contributed by atoms with van der Waals surface area (Å²) >= 11 is 0. The molecule has 0 spiro atoms. The molecule has 176 valence electrons. The van der Waals surface area contributed by atoms with E-state index < -0.39 is 29.2 Å². The lowest BCUT2D eigenvalue weighted by Gasteiger charge is -2.11. The van der Waals surface area contributed by atoms with Gasteiger partial charge < -0.3 is 4.74 Å². The van der Waals surface area contributed by atoms with Crippen molar-refractivity contribution in [1.82, 2.24) is 0 Å². The molecule has 0 saturated heterocycles. The Hall–Kier alpha value is -3.32. The number of hydrogen-bond donors (Lipinski definition) is 0. The van der Waals surface area contributed by atoms with Gasteiger partial charge in [0.15, 0.2) is 0 Å². The normalized spacial score (nSPS) is 11.9. The second-order valence-corrected chi connectivity index (χ2v) is 8.04. The van der Waals surface area contributed by atoms with Crippen molar-refractivity contribution >= 4 is 10.8 Å². The molecule has 0 aliphatic heterocycles. The van der Waals surface area contributed by atoms with E-state index in [0.29, 0.717) is 40.3 Å². The quantitative estimate of drug-likeness (QED) is 0.258. The van der Waals surface area contributed by atoms with Crippen LogP contribution in [0.4, 0.5) is 26.3 Å². The van der Waals surface area contributed by atoms with Gasteiger partial charge in [0.25, 0.3) is 0 Å². The van der Waals surface area contributed by atoms with Crippen LogP contribution < -0.4 is 0 Å². The number of rotatable bonds is 6. The van der Waals surface area contributed by atoms with E-state index in [-0.39, 0.29) is 17.7 Å². The third kappa shape index (κ3) is 4.94. The Kier molecular flexibility index (Phi) is 6.66. The molecule has 4 aromatic carbocycles. The van der Waals surface area contributed by atoms with E-state index >= 15 is 4.39 Å². The second kappa shape index (κ2) is 9.50. The minimum Gasteiger partial charge on any atom is -0.380 e. The highest BCUT2D eigenvalue weighted by Crippen LogP contribution is 2.32. The van der Waals surface area contributed by atoms with Crippen molar-refractivity contribution in [3.05, 3.63) is 106 Å². The van der Waals surface area contributed by atoms with E-state index in [4.69, 9.17) is 4.74 Å². The lowest BCUT2D eigenvalue weighted by molar-refractivity contribution is -0.137. The molecule has 0 radical (unpaired) electrons. The van der Waals surface area contributed by atoms with Crippen LogP contribution in [0.25, 0.3) is 21.9 Å². The first-order valence-electron chi connectivity index (χ1n) is 10.5. The molecule has 0 fully saturated rings. The smallest absolute Gasteiger partial charge is 0.380 e. The Balaban J connectivity index is 1.58. The van der Waals surface area contributed by atoms with Gasteiger partial charge in [-0.1, -0.05) is 36.4 Å². The fraction of sp³-hybridized carbons (Fsp3) is 0.185. The zero-order valence-corrected chi connectivity index (χ0v) is 18.1. The monoisotopic (exact) mass is 474 g/mol. The summed E-state index contributed by atoms with van der Waals surface area (Å²) < 4.78 is 87.3. The van der Waals surface area contributed by atoms with Gasteiger partial charge >= 0.3 is 6.18 Å². The van der Waals surface area contributed by atoms with Gasteiger partial charge in [0, 0.05) is 12.5 Å². The maximum atomic E-state index is 15.1. The van der Waals surface area contributed by atoms with Crippen molar-refractivity contribution in [3.8, 4) is 11.1 Å². The van der Waals surface area contributed by atoms with Crippen LogP contribution in [0.5, 0.6) is 0 Å². The molecular formula is C27H20F6O. The molecule has 4 aromatic rings. The molecule has 0 unspecified atom stereocenters. The molecule has 0 aromatic heterocycles. The SMILES string of the molecule is COCc1cc(F)c(-c2ccc3c(F)c(CCc4ccc(C(F)(F)F)cc4)ccc3c2)c(F)c1. The van der Waals surface area contributed by atoms with Crippen molar-refractivity contribution < 1.29 is 31.1 Å². The maximum absolute atomic E-state index is 15.1. The van der Waals surface area contributed by atoms with Gasteiger partial charge in [-0.15, -0.1) is 0 Å². The zero-order chi connectivity index (χ0) is 24.5. The number of hydrogen-bond acceptors (Lipinski definition) is 1. The minimum absolute atomic E-state index is 0.0757. The second-order valence-electron chi connectivity index (χ2n) is 8.04. The van der Waals surface area contributed by atoms with E-state index in [1.54, 1.807) is 12.1 Å². The van der Waals surface area contributed by atoms with Crippen LogP contribution in [0.15, 0.2) is 66.7 Å². The fourth-order valence-corrected chi connectivity index (χ4v) is 3.98. The molecule has 4 rings (SSSR count).